The first kappa shape index (κ1) is 24.6. The molecule has 2 heterocycles. The molecule has 8 heteroatoms. The lowest BCUT2D eigenvalue weighted by molar-refractivity contribution is -0.109. The molecule has 0 atom stereocenters. The van der Waals surface area contributed by atoms with E-state index in [9.17, 15) is 9.90 Å². The van der Waals surface area contributed by atoms with E-state index < -0.39 is 0 Å². The number of nitrogens with zero attached hydrogens (tertiary/aromatic N) is 3. The zero-order chi connectivity index (χ0) is 25.1. The number of aromatic nitrogens is 3. The summed E-state index contributed by atoms with van der Waals surface area (Å²) in [5, 5.41) is 24.1. The number of carbonyl (C=O) groups excluding carboxylic acids is 1. The van der Waals surface area contributed by atoms with Crippen LogP contribution in [0.4, 0.5) is 11.6 Å². The highest BCUT2D eigenvalue weighted by atomic mass is 16.3. The van der Waals surface area contributed by atoms with E-state index in [1.807, 2.05) is 10.7 Å². The Morgan fingerprint density at radius 3 is 2.47 bits per heavy atom. The molecule has 192 valence electrons. The fourth-order valence-electron chi connectivity index (χ4n) is 5.02. The van der Waals surface area contributed by atoms with Crippen molar-refractivity contribution in [1.29, 1.82) is 0 Å². The van der Waals surface area contributed by atoms with Gasteiger partial charge in [-0.1, -0.05) is 31.0 Å². The van der Waals surface area contributed by atoms with E-state index in [1.54, 1.807) is 0 Å². The molecule has 36 heavy (non-hydrogen) atoms. The van der Waals surface area contributed by atoms with Gasteiger partial charge in [0.15, 0.2) is 5.65 Å². The van der Waals surface area contributed by atoms with Crippen LogP contribution in [0, 0.1) is 19.8 Å². The number of aliphatic hydroxyl groups is 1. The third kappa shape index (κ3) is 5.81. The fourth-order valence-corrected chi connectivity index (χ4v) is 5.02. The lowest BCUT2D eigenvalue weighted by atomic mass is 9.82. The van der Waals surface area contributed by atoms with Crippen molar-refractivity contribution < 1.29 is 9.90 Å². The van der Waals surface area contributed by atoms with Crippen molar-refractivity contribution in [2.24, 2.45) is 5.92 Å². The number of carbonyl (C=O) groups is 1. The van der Waals surface area contributed by atoms with Gasteiger partial charge in [0, 0.05) is 30.3 Å². The van der Waals surface area contributed by atoms with E-state index in [-0.39, 0.29) is 6.10 Å². The van der Waals surface area contributed by atoms with Crippen molar-refractivity contribution in [1.82, 2.24) is 19.9 Å². The lowest BCUT2D eigenvalue weighted by Crippen LogP contribution is -2.33. The van der Waals surface area contributed by atoms with Crippen LogP contribution in [0.1, 0.15) is 62.5 Å². The Kier molecular flexibility index (Phi) is 7.41. The second-order valence-corrected chi connectivity index (χ2v) is 10.7. The van der Waals surface area contributed by atoms with E-state index in [4.69, 9.17) is 4.98 Å². The Hall–Kier alpha value is -3.13. The Balaban J connectivity index is 0.000000391. The molecule has 0 unspecified atom stereocenters. The average molecular weight is 491 g/mol. The number of benzene rings is 1. The Morgan fingerprint density at radius 2 is 1.83 bits per heavy atom. The maximum Gasteiger partial charge on any atom is 0.207 e. The summed E-state index contributed by atoms with van der Waals surface area (Å²) in [5.41, 5.74) is 5.63. The highest BCUT2D eigenvalue weighted by Gasteiger charge is 2.27. The van der Waals surface area contributed by atoms with Gasteiger partial charge >= 0.3 is 0 Å². The molecule has 8 nitrogen and oxygen atoms in total. The molecule has 0 aliphatic heterocycles. The minimum Gasteiger partial charge on any atom is -0.393 e. The summed E-state index contributed by atoms with van der Waals surface area (Å²) < 4.78 is 1.92. The summed E-state index contributed by atoms with van der Waals surface area (Å²) >= 11 is 0. The van der Waals surface area contributed by atoms with E-state index in [0.717, 1.165) is 54.2 Å². The van der Waals surface area contributed by atoms with E-state index in [0.29, 0.717) is 18.0 Å². The Labute approximate surface area is 212 Å². The minimum absolute atomic E-state index is 0.130. The van der Waals surface area contributed by atoms with Crippen LogP contribution in [-0.4, -0.2) is 50.8 Å². The standard InChI is InChI=1S/C24H31N5O.C4H7NO/c1-15-7-8-18(9-16(15)2)21-14-26-29-23(25-13-17-10-20(30)11-17)12-22(28-24(21)29)27-19-5-3-4-6-19;6-3-5-4-1-2-4/h7-9,12,14,17,19-20,25,30H,3-6,10-11,13H2,1-2H3,(H,27,28);3-4H,1-2H2,(H,5,6). The average Bonchev–Trinajstić information content (AvgIpc) is 3.33. The normalized spacial score (nSPS) is 21.4. The van der Waals surface area contributed by atoms with Crippen LogP contribution in [0.5, 0.6) is 0 Å². The number of fused-ring (bicyclic) bond motifs is 1. The zero-order valence-corrected chi connectivity index (χ0v) is 21.3. The van der Waals surface area contributed by atoms with Gasteiger partial charge in [-0.05, 0) is 75.0 Å². The number of aryl methyl sites for hydroxylation is 2. The largest absolute Gasteiger partial charge is 0.393 e. The Morgan fingerprint density at radius 1 is 1.06 bits per heavy atom. The molecule has 3 aromatic rings. The minimum atomic E-state index is -0.130. The molecule has 0 spiro atoms. The van der Waals surface area contributed by atoms with E-state index >= 15 is 0 Å². The maximum absolute atomic E-state index is 9.60. The van der Waals surface area contributed by atoms with E-state index in [2.05, 4.69) is 59.2 Å². The van der Waals surface area contributed by atoms with Gasteiger partial charge in [-0.3, -0.25) is 4.79 Å². The second kappa shape index (κ2) is 10.9. The third-order valence-corrected chi connectivity index (χ3v) is 7.66. The molecule has 3 aliphatic carbocycles. The molecule has 1 aromatic carbocycles. The van der Waals surface area contributed by atoms with Gasteiger partial charge < -0.3 is 21.1 Å². The highest BCUT2D eigenvalue weighted by Crippen LogP contribution is 2.31. The smallest absolute Gasteiger partial charge is 0.207 e. The van der Waals surface area contributed by atoms with Gasteiger partial charge in [-0.15, -0.1) is 0 Å². The number of hydrogen-bond donors (Lipinski definition) is 4. The van der Waals surface area contributed by atoms with Gasteiger partial charge in [-0.25, -0.2) is 4.98 Å². The molecular formula is C28H38N6O2. The summed E-state index contributed by atoms with van der Waals surface area (Å²) in [6.07, 6.45) is 11.7. The third-order valence-electron chi connectivity index (χ3n) is 7.66. The van der Waals surface area contributed by atoms with Crippen molar-refractivity contribution in [2.75, 3.05) is 17.2 Å². The summed E-state index contributed by atoms with van der Waals surface area (Å²) in [6.45, 7) is 5.12. The van der Waals surface area contributed by atoms with Crippen molar-refractivity contribution in [3.05, 3.63) is 41.6 Å². The molecule has 3 saturated carbocycles. The number of nitrogens with one attached hydrogen (secondary N) is 3. The predicted octanol–water partition coefficient (Wildman–Crippen LogP) is 4.45. The van der Waals surface area contributed by atoms with Crippen LogP contribution < -0.4 is 16.0 Å². The van der Waals surface area contributed by atoms with Crippen LogP contribution in [0.15, 0.2) is 30.5 Å². The van der Waals surface area contributed by atoms with Crippen LogP contribution in [0.2, 0.25) is 0 Å². The van der Waals surface area contributed by atoms with Crippen molar-refractivity contribution >= 4 is 23.7 Å². The molecular weight excluding hydrogens is 452 g/mol. The first-order chi connectivity index (χ1) is 17.5. The van der Waals surface area contributed by atoms with Crippen LogP contribution in [-0.2, 0) is 4.79 Å². The number of amides is 1. The monoisotopic (exact) mass is 490 g/mol. The number of anilines is 2. The van der Waals surface area contributed by atoms with Gasteiger partial charge in [0.05, 0.1) is 12.3 Å². The van der Waals surface area contributed by atoms with Gasteiger partial charge in [-0.2, -0.15) is 9.61 Å². The van der Waals surface area contributed by atoms with Crippen molar-refractivity contribution in [2.45, 2.75) is 83.4 Å². The van der Waals surface area contributed by atoms with Crippen molar-refractivity contribution in [3.8, 4) is 11.1 Å². The number of hydrogen-bond acceptors (Lipinski definition) is 6. The van der Waals surface area contributed by atoms with E-state index in [1.165, 1.54) is 49.7 Å². The van der Waals surface area contributed by atoms with Crippen LogP contribution in [0.25, 0.3) is 16.8 Å². The molecule has 2 aromatic heterocycles. The molecule has 6 rings (SSSR count). The molecule has 0 saturated heterocycles. The van der Waals surface area contributed by atoms with Crippen LogP contribution in [0.3, 0.4) is 0 Å². The van der Waals surface area contributed by atoms with Crippen molar-refractivity contribution in [3.63, 3.8) is 0 Å². The van der Waals surface area contributed by atoms with Gasteiger partial charge in [0.2, 0.25) is 6.41 Å². The maximum atomic E-state index is 9.60. The quantitative estimate of drug-likeness (QED) is 0.348. The molecule has 0 radical (unpaired) electrons. The SMILES string of the molecule is Cc1ccc(-c2cnn3c(NCC4CC(O)C4)cc(NC4CCCC4)nc23)cc1C.O=CNC1CC1. The fraction of sp³-hybridized carbons (Fsp3) is 0.536. The zero-order valence-electron chi connectivity index (χ0n) is 21.3. The molecule has 1 amide bonds. The Bertz CT molecular complexity index is 1190. The van der Waals surface area contributed by atoms with Gasteiger partial charge in [0.25, 0.3) is 0 Å². The van der Waals surface area contributed by atoms with Gasteiger partial charge in [0.1, 0.15) is 11.6 Å². The topological polar surface area (TPSA) is 104 Å². The predicted molar refractivity (Wildman–Crippen MR) is 143 cm³/mol. The van der Waals surface area contributed by atoms with Crippen LogP contribution >= 0.6 is 0 Å². The molecule has 3 fully saturated rings. The molecule has 4 N–H and O–H groups in total. The molecule has 0 bridgehead atoms. The number of rotatable bonds is 8. The second-order valence-electron chi connectivity index (χ2n) is 10.7. The lowest BCUT2D eigenvalue weighted by Gasteiger charge is -2.31. The molecule has 3 aliphatic rings. The summed E-state index contributed by atoms with van der Waals surface area (Å²) in [5.74, 6) is 2.39. The first-order valence-corrected chi connectivity index (χ1v) is 13.3. The number of aliphatic hydroxyl groups excluding tert-OH is 1. The first-order valence-electron chi connectivity index (χ1n) is 13.3. The summed E-state index contributed by atoms with van der Waals surface area (Å²) in [6, 6.07) is 9.65. The highest BCUT2D eigenvalue weighted by molar-refractivity contribution is 5.80. The summed E-state index contributed by atoms with van der Waals surface area (Å²) in [7, 11) is 0. The summed E-state index contributed by atoms with van der Waals surface area (Å²) in [4.78, 5) is 14.5.